The first-order valence-electron chi connectivity index (χ1n) is 25.8. The van der Waals surface area contributed by atoms with Crippen LogP contribution in [-0.2, 0) is 20.2 Å². The van der Waals surface area contributed by atoms with Gasteiger partial charge < -0.3 is 52.9 Å². The number of nitrogen functional groups attached to an aromatic ring is 4. The molecule has 0 saturated heterocycles. The van der Waals surface area contributed by atoms with Crippen LogP contribution < -0.4 is 162 Å². The third kappa shape index (κ3) is 18.5. The van der Waals surface area contributed by atoms with E-state index in [1.165, 1.54) is 36.4 Å². The third-order valence-electron chi connectivity index (χ3n) is 13.1. The number of aromatic carboxylic acids is 2. The maximum absolute atomic E-state index is 12.7. The second-order valence-electron chi connectivity index (χ2n) is 19.2. The van der Waals surface area contributed by atoms with E-state index in [2.05, 4.69) is 61.4 Å². The van der Waals surface area contributed by atoms with Crippen LogP contribution in [0.3, 0.4) is 0 Å². The summed E-state index contributed by atoms with van der Waals surface area (Å²) in [4.78, 5) is 21.0. The maximum Gasteiger partial charge on any atom is 1.00 e. The Hall–Kier alpha value is -8.38. The number of fused-ring (bicyclic) bond motifs is 1. The number of anilines is 4. The van der Waals surface area contributed by atoms with E-state index in [0.29, 0.717) is 22.7 Å². The molecule has 0 aromatic heterocycles. The molecule has 0 fully saturated rings. The summed E-state index contributed by atoms with van der Waals surface area (Å²) in [6.07, 6.45) is 0. The van der Waals surface area contributed by atoms with Crippen LogP contribution in [0, 0.1) is 0 Å². The molecular formula is C60H40N16Na4O12S2. The van der Waals surface area contributed by atoms with Gasteiger partial charge in [0.05, 0.1) is 90.0 Å². The van der Waals surface area contributed by atoms with Gasteiger partial charge in [0.25, 0.3) is 20.2 Å². The standard InChI is InChI=1S/C60H44N16O12S2.4Na/c61-47-27-49(63)55(29-53(47)73-67-37-13-5-33(6-14-37)31-1-9-35(10-2-31)65-69-39-17-19-57(77)45(21-39)59(79)80)75-71-51-25-41(89(83,84)85)24-44-43(51)23-42(90(86,87)88)26-52(44)72-76-56-30-54(48(62)28-50(56)64)74-68-38-15-7-34(8-16-38)32-3-11-36(12-4-32)66-70-40-18-20-58(78)46(22-40)60(81)82;;;;/h1-30,77-78H,61-64H2,(H,79,80)(H,81,82)(H,83,84,85)(H,86,87,88);;;;/q;4*+1/p-4. The van der Waals surface area contributed by atoms with Gasteiger partial charge >= 0.3 is 118 Å². The molecule has 34 heteroatoms. The number of hydrogen-bond acceptors (Lipinski definition) is 26. The molecule has 0 radical (unpaired) electrons. The summed E-state index contributed by atoms with van der Waals surface area (Å²) in [5, 5.41) is 95.7. The van der Waals surface area contributed by atoms with Crippen LogP contribution in [0.2, 0.25) is 0 Å². The van der Waals surface area contributed by atoms with E-state index in [9.17, 15) is 56.0 Å². The second-order valence-corrected chi connectivity index (χ2v) is 22.0. The molecule has 28 nitrogen and oxygen atoms in total. The van der Waals surface area contributed by atoms with Gasteiger partial charge in [-0.3, -0.25) is 9.11 Å². The van der Waals surface area contributed by atoms with Crippen LogP contribution in [0.5, 0.6) is 11.5 Å². The minimum absolute atomic E-state index is 0. The summed E-state index contributed by atoms with van der Waals surface area (Å²) >= 11 is 0. The smallest absolute Gasteiger partial charge is 0.872 e. The van der Waals surface area contributed by atoms with Crippen molar-refractivity contribution >= 4 is 134 Å². The molecule has 0 heterocycles. The fraction of sp³-hybridized carbons (Fsp3) is 0. The fourth-order valence-corrected chi connectivity index (χ4v) is 9.49. The van der Waals surface area contributed by atoms with Crippen LogP contribution in [0.4, 0.5) is 91.0 Å². The summed E-state index contributed by atoms with van der Waals surface area (Å²) < 4.78 is 71.5. The second kappa shape index (κ2) is 32.2. The number of azo groups is 6. The van der Waals surface area contributed by atoms with Crippen molar-refractivity contribution < 1.29 is 174 Å². The van der Waals surface area contributed by atoms with Crippen LogP contribution in [0.1, 0.15) is 20.7 Å². The summed E-state index contributed by atoms with van der Waals surface area (Å²) in [7, 11) is -10.0. The molecule has 448 valence electrons. The Kier molecular flexibility index (Phi) is 25.6. The maximum atomic E-state index is 12.7. The van der Waals surface area contributed by atoms with Gasteiger partial charge in [0, 0.05) is 10.8 Å². The zero-order valence-corrected chi connectivity index (χ0v) is 59.4. The normalized spacial score (nSPS) is 11.7. The third-order valence-corrected chi connectivity index (χ3v) is 14.7. The number of nitrogens with zero attached hydrogens (tertiary/aromatic N) is 12. The van der Waals surface area contributed by atoms with Gasteiger partial charge in [-0.1, -0.05) is 72.2 Å². The summed E-state index contributed by atoms with van der Waals surface area (Å²) in [6, 6.07) is 43.7. The fourth-order valence-electron chi connectivity index (χ4n) is 8.44. The van der Waals surface area contributed by atoms with Crippen molar-refractivity contribution in [2.75, 3.05) is 22.9 Å². The Labute approximate surface area is 622 Å². The van der Waals surface area contributed by atoms with Crippen molar-refractivity contribution in [3.8, 4) is 33.8 Å². The van der Waals surface area contributed by atoms with Crippen molar-refractivity contribution in [3.05, 3.63) is 193 Å². The minimum Gasteiger partial charge on any atom is -0.872 e. The molecule has 0 aliphatic rings. The number of rotatable bonds is 18. The molecule has 0 amide bonds. The molecule has 0 bridgehead atoms. The Morgan fingerprint density at radius 3 is 0.809 bits per heavy atom. The molecular weight excluding hydrogens is 1290 g/mol. The minimum atomic E-state index is -5.02. The number of carbonyl (C=O) groups excluding carboxylic acids is 2. The molecule has 0 atom stereocenters. The van der Waals surface area contributed by atoms with Crippen molar-refractivity contribution in [3.63, 3.8) is 0 Å². The molecule has 10 aromatic carbocycles. The number of carboxylic acids is 2. The molecule has 10 N–H and O–H groups in total. The van der Waals surface area contributed by atoms with Crippen molar-refractivity contribution in [1.29, 1.82) is 0 Å². The molecule has 0 aliphatic heterocycles. The van der Waals surface area contributed by atoms with Gasteiger partial charge in [-0.25, -0.2) is 0 Å². The Bertz CT molecular complexity index is 4670. The number of nitrogens with two attached hydrogens (primary N) is 4. The molecule has 94 heavy (non-hydrogen) atoms. The van der Waals surface area contributed by atoms with Crippen LogP contribution in [-0.4, -0.2) is 37.9 Å². The molecule has 0 spiro atoms. The van der Waals surface area contributed by atoms with Crippen LogP contribution >= 0.6 is 0 Å². The zero-order chi connectivity index (χ0) is 64.0. The van der Waals surface area contributed by atoms with E-state index in [0.717, 1.165) is 70.8 Å². The van der Waals surface area contributed by atoms with Gasteiger partial charge in [0.15, 0.2) is 0 Å². The largest absolute Gasteiger partial charge is 1.00 e. The first-order chi connectivity index (χ1) is 42.9. The summed E-state index contributed by atoms with van der Waals surface area (Å²) in [6.45, 7) is 0. The van der Waals surface area contributed by atoms with Crippen molar-refractivity contribution in [2.45, 2.75) is 9.79 Å². The van der Waals surface area contributed by atoms with Crippen LogP contribution in [0.25, 0.3) is 33.0 Å². The van der Waals surface area contributed by atoms with Crippen molar-refractivity contribution in [1.82, 2.24) is 0 Å². The van der Waals surface area contributed by atoms with Gasteiger partial charge in [-0.05, 0) is 155 Å². The quantitative estimate of drug-likeness (QED) is 0.0293. The molecule has 10 rings (SSSR count). The Morgan fingerprint density at radius 2 is 0.543 bits per heavy atom. The average molecular weight is 1330 g/mol. The van der Waals surface area contributed by atoms with E-state index in [4.69, 9.17) is 22.9 Å². The monoisotopic (exact) mass is 1330 g/mol. The number of carbonyl (C=O) groups is 2. The molecule has 0 unspecified atom stereocenters. The predicted molar refractivity (Wildman–Crippen MR) is 323 cm³/mol. The number of benzene rings is 10. The molecule has 10 aromatic rings. The van der Waals surface area contributed by atoms with Gasteiger partial charge in [0.2, 0.25) is 0 Å². The Morgan fingerprint density at radius 1 is 0.309 bits per heavy atom. The van der Waals surface area contributed by atoms with E-state index in [-0.39, 0.29) is 197 Å². The van der Waals surface area contributed by atoms with Gasteiger partial charge in [-0.2, -0.15) is 47.5 Å². The Balaban J connectivity index is 0.00000350. The van der Waals surface area contributed by atoms with Gasteiger partial charge in [0.1, 0.15) is 22.7 Å². The number of hydrogen-bond donors (Lipinski definition) is 6. The zero-order valence-electron chi connectivity index (χ0n) is 49.8. The first kappa shape index (κ1) is 74.7. The summed E-state index contributed by atoms with van der Waals surface area (Å²) in [5.74, 6) is -4.65. The van der Waals surface area contributed by atoms with E-state index in [1.54, 1.807) is 97.1 Å². The van der Waals surface area contributed by atoms with Crippen molar-refractivity contribution in [2.24, 2.45) is 61.4 Å². The topological polar surface area (TPSA) is 488 Å². The SMILES string of the molecule is Nc1cc(N)c(N=Nc2cc(S(=O)(=O)O)cc3c(N=Nc4cc(N=Nc5ccc(-c6ccc(N=Nc7ccc([O-])c(C(=O)[O-])c7)cc6)cc5)c(N)cc4N)cc(S(=O)(=O)O)cc23)cc1N=Nc1ccc(-c2ccc(N=Nc3ccc([O-])c(C(=O)[O-])c3)cc2)cc1.[Na+].[Na+].[Na+].[Na+]. The van der Waals surface area contributed by atoms with E-state index >= 15 is 0 Å². The average Bonchev–Trinajstić information content (AvgIpc) is 0.762. The molecule has 0 aliphatic carbocycles. The first-order valence-corrected chi connectivity index (χ1v) is 28.7. The van der Waals surface area contributed by atoms with Gasteiger partial charge in [-0.15, -0.1) is 30.7 Å². The van der Waals surface area contributed by atoms with Crippen LogP contribution in [0.15, 0.2) is 253 Å². The summed E-state index contributed by atoms with van der Waals surface area (Å²) in [5.41, 5.74) is 28.7. The number of carboxylic acid groups (broad SMARTS) is 2. The predicted octanol–water partition coefficient (Wildman–Crippen LogP) is 0.379. The van der Waals surface area contributed by atoms with E-state index < -0.39 is 64.6 Å². The molecule has 0 saturated carbocycles. The van der Waals surface area contributed by atoms with E-state index in [1.807, 2.05) is 0 Å².